The summed E-state index contributed by atoms with van der Waals surface area (Å²) in [5, 5.41) is 0. The summed E-state index contributed by atoms with van der Waals surface area (Å²) in [6, 6.07) is 0. The Morgan fingerprint density at radius 3 is 1.47 bits per heavy atom. The van der Waals surface area contributed by atoms with E-state index in [4.69, 9.17) is 0 Å². The van der Waals surface area contributed by atoms with E-state index in [9.17, 15) is 13.2 Å². The molecule has 0 nitrogen and oxygen atoms in total. The van der Waals surface area contributed by atoms with Crippen molar-refractivity contribution in [3.63, 3.8) is 0 Å². The zero-order chi connectivity index (χ0) is 12.5. The van der Waals surface area contributed by atoms with E-state index in [-0.39, 0.29) is 11.8 Å². The van der Waals surface area contributed by atoms with Crippen molar-refractivity contribution in [1.29, 1.82) is 0 Å². The van der Waals surface area contributed by atoms with Crippen molar-refractivity contribution in [3.8, 4) is 0 Å². The van der Waals surface area contributed by atoms with Crippen molar-refractivity contribution in [2.24, 2.45) is 16.7 Å². The zero-order valence-corrected chi connectivity index (χ0v) is 10.6. The minimum absolute atomic E-state index is 0.0330. The first-order valence-electron chi connectivity index (χ1n) is 5.41. The molecule has 0 bridgehead atoms. The second-order valence-corrected chi connectivity index (χ2v) is 6.56. The van der Waals surface area contributed by atoms with Gasteiger partial charge in [-0.25, -0.2) is 0 Å². The van der Waals surface area contributed by atoms with Gasteiger partial charge in [0.25, 0.3) is 0 Å². The highest BCUT2D eigenvalue weighted by molar-refractivity contribution is 4.81. The van der Waals surface area contributed by atoms with Crippen LogP contribution in [-0.2, 0) is 0 Å². The van der Waals surface area contributed by atoms with Crippen molar-refractivity contribution in [3.05, 3.63) is 0 Å². The van der Waals surface area contributed by atoms with E-state index in [2.05, 4.69) is 0 Å². The molecule has 0 spiro atoms. The summed E-state index contributed by atoms with van der Waals surface area (Å²) in [6.45, 7) is 10.9. The van der Waals surface area contributed by atoms with Crippen molar-refractivity contribution >= 4 is 0 Å². The molecule has 0 rings (SSSR count). The summed E-state index contributed by atoms with van der Waals surface area (Å²) in [4.78, 5) is 0. The lowest BCUT2D eigenvalue weighted by molar-refractivity contribution is -0.203. The van der Waals surface area contributed by atoms with Crippen LogP contribution < -0.4 is 0 Å². The van der Waals surface area contributed by atoms with Gasteiger partial charge in [0, 0.05) is 0 Å². The molecule has 0 aromatic heterocycles. The fraction of sp³-hybridized carbons (Fsp3) is 1.00. The highest BCUT2D eigenvalue weighted by Crippen LogP contribution is 2.43. The normalized spacial score (nSPS) is 16.6. The molecule has 0 aromatic carbocycles. The van der Waals surface area contributed by atoms with Gasteiger partial charge < -0.3 is 0 Å². The Balaban J connectivity index is 4.56. The summed E-state index contributed by atoms with van der Waals surface area (Å²) in [5.74, 6) is -1.20. The van der Waals surface area contributed by atoms with Crippen LogP contribution in [0.2, 0.25) is 0 Å². The van der Waals surface area contributed by atoms with Gasteiger partial charge in [-0.15, -0.1) is 0 Å². The average Bonchev–Trinajstić information content (AvgIpc) is 1.75. The van der Waals surface area contributed by atoms with Crippen LogP contribution in [0.3, 0.4) is 0 Å². The van der Waals surface area contributed by atoms with Gasteiger partial charge in [-0.1, -0.05) is 41.5 Å². The molecule has 3 heteroatoms. The molecule has 0 N–H and O–H groups in total. The summed E-state index contributed by atoms with van der Waals surface area (Å²) >= 11 is 0. The highest BCUT2D eigenvalue weighted by Gasteiger charge is 2.46. The maximum Gasteiger partial charge on any atom is 0.392 e. The third kappa shape index (κ3) is 6.06. The molecular formula is C12H23F3. The number of rotatable bonds is 2. The maximum absolute atomic E-state index is 12.8. The van der Waals surface area contributed by atoms with E-state index >= 15 is 0 Å². The van der Waals surface area contributed by atoms with Crippen LogP contribution in [0.15, 0.2) is 0 Å². The second kappa shape index (κ2) is 4.34. The maximum atomic E-state index is 12.8. The fourth-order valence-electron chi connectivity index (χ4n) is 1.67. The van der Waals surface area contributed by atoms with Crippen LogP contribution in [0, 0.1) is 16.7 Å². The summed E-state index contributed by atoms with van der Waals surface area (Å²) in [7, 11) is 0. The van der Waals surface area contributed by atoms with Crippen LogP contribution >= 0.6 is 0 Å². The molecule has 1 atom stereocenters. The number of halogens is 3. The Hall–Kier alpha value is -0.210. The third-order valence-electron chi connectivity index (χ3n) is 2.62. The Kier molecular flexibility index (Phi) is 4.28. The highest BCUT2D eigenvalue weighted by atomic mass is 19.4. The molecule has 15 heavy (non-hydrogen) atoms. The molecule has 0 amide bonds. The second-order valence-electron chi connectivity index (χ2n) is 6.56. The molecule has 0 fully saturated rings. The topological polar surface area (TPSA) is 0 Å². The molecule has 0 aromatic rings. The van der Waals surface area contributed by atoms with E-state index in [1.807, 2.05) is 20.8 Å². The van der Waals surface area contributed by atoms with Gasteiger partial charge in [-0.2, -0.15) is 13.2 Å². The Bertz CT molecular complexity index is 176. The summed E-state index contributed by atoms with van der Waals surface area (Å²) < 4.78 is 38.4. The smallest absolute Gasteiger partial charge is 0.171 e. The van der Waals surface area contributed by atoms with Gasteiger partial charge >= 0.3 is 6.18 Å². The molecule has 0 heterocycles. The van der Waals surface area contributed by atoms with Gasteiger partial charge in [0.1, 0.15) is 0 Å². The average molecular weight is 224 g/mol. The third-order valence-corrected chi connectivity index (χ3v) is 2.62. The van der Waals surface area contributed by atoms with Gasteiger partial charge in [0.05, 0.1) is 5.92 Å². The monoisotopic (exact) mass is 224 g/mol. The first-order valence-corrected chi connectivity index (χ1v) is 5.41. The van der Waals surface area contributed by atoms with Crippen LogP contribution in [0.5, 0.6) is 0 Å². The molecule has 92 valence electrons. The predicted molar refractivity (Wildman–Crippen MR) is 57.7 cm³/mol. The van der Waals surface area contributed by atoms with Gasteiger partial charge in [0.15, 0.2) is 0 Å². The molecule has 0 radical (unpaired) electrons. The Labute approximate surface area is 91.3 Å². The molecule has 0 saturated heterocycles. The van der Waals surface area contributed by atoms with Crippen LogP contribution in [0.25, 0.3) is 0 Å². The zero-order valence-electron chi connectivity index (χ0n) is 10.6. The first kappa shape index (κ1) is 14.8. The van der Waals surface area contributed by atoms with Crippen LogP contribution in [0.4, 0.5) is 13.2 Å². The van der Waals surface area contributed by atoms with E-state index < -0.39 is 17.5 Å². The van der Waals surface area contributed by atoms with E-state index in [1.54, 1.807) is 20.8 Å². The standard InChI is InChI=1S/C12H23F3/c1-10(2,3)8-7-9(11(4,5)6)12(13,14)15/h9H,7-8H2,1-6H3. The summed E-state index contributed by atoms with van der Waals surface area (Å²) in [5.41, 5.74) is -0.738. The molecule has 0 saturated carbocycles. The molecule has 0 aliphatic heterocycles. The van der Waals surface area contributed by atoms with E-state index in [1.165, 1.54) is 0 Å². The molecule has 1 unspecified atom stereocenters. The lowest BCUT2D eigenvalue weighted by Crippen LogP contribution is -2.35. The number of hydrogen-bond acceptors (Lipinski definition) is 0. The SMILES string of the molecule is CC(C)(C)CCC(C(C)(C)C)C(F)(F)F. The van der Waals surface area contributed by atoms with Crippen molar-refractivity contribution < 1.29 is 13.2 Å². The predicted octanol–water partition coefficient (Wildman–Crippen LogP) is 5.04. The van der Waals surface area contributed by atoms with E-state index in [0.29, 0.717) is 6.42 Å². The van der Waals surface area contributed by atoms with Gasteiger partial charge in [0.2, 0.25) is 0 Å². The largest absolute Gasteiger partial charge is 0.392 e. The first-order chi connectivity index (χ1) is 6.34. The lowest BCUT2D eigenvalue weighted by Gasteiger charge is -2.34. The lowest BCUT2D eigenvalue weighted by atomic mass is 9.74. The minimum Gasteiger partial charge on any atom is -0.171 e. The quantitative estimate of drug-likeness (QED) is 0.616. The Morgan fingerprint density at radius 1 is 0.867 bits per heavy atom. The number of alkyl halides is 3. The van der Waals surface area contributed by atoms with Gasteiger partial charge in [-0.3, -0.25) is 0 Å². The van der Waals surface area contributed by atoms with Crippen LogP contribution in [0.1, 0.15) is 54.4 Å². The minimum atomic E-state index is -4.08. The summed E-state index contributed by atoms with van der Waals surface area (Å²) in [6.07, 6.45) is -3.26. The van der Waals surface area contributed by atoms with E-state index in [0.717, 1.165) is 0 Å². The van der Waals surface area contributed by atoms with Crippen molar-refractivity contribution in [2.75, 3.05) is 0 Å². The fourth-order valence-corrected chi connectivity index (χ4v) is 1.67. The van der Waals surface area contributed by atoms with Crippen LogP contribution in [-0.4, -0.2) is 6.18 Å². The number of hydrogen-bond donors (Lipinski definition) is 0. The molecule has 0 aliphatic carbocycles. The molecular weight excluding hydrogens is 201 g/mol. The Morgan fingerprint density at radius 2 is 1.27 bits per heavy atom. The van der Waals surface area contributed by atoms with Crippen molar-refractivity contribution in [1.82, 2.24) is 0 Å². The van der Waals surface area contributed by atoms with Crippen molar-refractivity contribution in [2.45, 2.75) is 60.6 Å². The molecule has 0 aliphatic rings. The van der Waals surface area contributed by atoms with Gasteiger partial charge in [-0.05, 0) is 23.7 Å².